The number of carbonyl (C=O) groups excluding carboxylic acids is 1. The molecule has 2 heterocycles. The zero-order valence-corrected chi connectivity index (χ0v) is 20.0. The van der Waals surface area contributed by atoms with E-state index >= 15 is 0 Å². The highest BCUT2D eigenvalue weighted by atomic mass is 35.5. The molecule has 2 aromatic carbocycles. The van der Waals surface area contributed by atoms with Gasteiger partial charge in [0.15, 0.2) is 0 Å². The monoisotopic (exact) mass is 481 g/mol. The SMILES string of the molecule is NC(=NCCN1CCCCC1)c1ccc(NC(=O)c2ccc(-c3ccc(Cl)cc3)s2)cc1N. The number of aliphatic imine (C=N–C) groups is 1. The van der Waals surface area contributed by atoms with Crippen LogP contribution in [0, 0.1) is 0 Å². The number of piperidine rings is 1. The second-order valence-corrected chi connectivity index (χ2v) is 9.62. The molecule has 33 heavy (non-hydrogen) atoms. The maximum atomic E-state index is 12.7. The van der Waals surface area contributed by atoms with E-state index in [1.54, 1.807) is 18.2 Å². The van der Waals surface area contributed by atoms with E-state index in [2.05, 4.69) is 15.2 Å². The van der Waals surface area contributed by atoms with Crippen LogP contribution in [0.4, 0.5) is 11.4 Å². The lowest BCUT2D eigenvalue weighted by atomic mass is 10.1. The summed E-state index contributed by atoms with van der Waals surface area (Å²) in [6.45, 7) is 3.83. The van der Waals surface area contributed by atoms with Crippen molar-refractivity contribution in [2.75, 3.05) is 37.2 Å². The molecule has 6 nitrogen and oxygen atoms in total. The van der Waals surface area contributed by atoms with Crippen LogP contribution in [-0.2, 0) is 0 Å². The number of nitrogens with one attached hydrogen (secondary N) is 1. The minimum absolute atomic E-state index is 0.185. The first-order valence-corrected chi connectivity index (χ1v) is 12.3. The largest absolute Gasteiger partial charge is 0.398 e. The zero-order chi connectivity index (χ0) is 23.2. The third kappa shape index (κ3) is 6.13. The Bertz CT molecular complexity index is 1140. The van der Waals surface area contributed by atoms with Crippen LogP contribution in [0.2, 0.25) is 5.02 Å². The van der Waals surface area contributed by atoms with Gasteiger partial charge >= 0.3 is 0 Å². The van der Waals surface area contributed by atoms with Gasteiger partial charge in [0.2, 0.25) is 0 Å². The number of likely N-dealkylation sites (tertiary alicyclic amines) is 1. The number of amides is 1. The van der Waals surface area contributed by atoms with E-state index < -0.39 is 0 Å². The minimum Gasteiger partial charge on any atom is -0.398 e. The zero-order valence-electron chi connectivity index (χ0n) is 18.4. The lowest BCUT2D eigenvalue weighted by Crippen LogP contribution is -2.32. The molecule has 0 bridgehead atoms. The maximum Gasteiger partial charge on any atom is 0.265 e. The summed E-state index contributed by atoms with van der Waals surface area (Å²) in [5, 5.41) is 3.59. The number of thiophene rings is 1. The van der Waals surface area contributed by atoms with Crippen molar-refractivity contribution < 1.29 is 4.79 Å². The van der Waals surface area contributed by atoms with Crippen molar-refractivity contribution >= 4 is 46.1 Å². The van der Waals surface area contributed by atoms with Gasteiger partial charge in [-0.05, 0) is 74.0 Å². The van der Waals surface area contributed by atoms with Crippen LogP contribution < -0.4 is 16.8 Å². The van der Waals surface area contributed by atoms with Crippen molar-refractivity contribution in [3.63, 3.8) is 0 Å². The fraction of sp³-hybridized carbons (Fsp3) is 0.280. The highest BCUT2D eigenvalue weighted by Crippen LogP contribution is 2.29. The molecular formula is C25H28ClN5OS. The van der Waals surface area contributed by atoms with E-state index in [4.69, 9.17) is 23.1 Å². The molecule has 1 aliphatic rings. The van der Waals surface area contributed by atoms with Crippen molar-refractivity contribution in [3.8, 4) is 10.4 Å². The van der Waals surface area contributed by atoms with Crippen molar-refractivity contribution in [1.29, 1.82) is 0 Å². The predicted octanol–water partition coefficient (Wildman–Crippen LogP) is 5.09. The summed E-state index contributed by atoms with van der Waals surface area (Å²) < 4.78 is 0. The van der Waals surface area contributed by atoms with Crippen molar-refractivity contribution in [2.24, 2.45) is 10.7 Å². The van der Waals surface area contributed by atoms with Crippen LogP contribution >= 0.6 is 22.9 Å². The highest BCUT2D eigenvalue weighted by Gasteiger charge is 2.13. The number of nitrogens with two attached hydrogens (primary N) is 2. The van der Waals surface area contributed by atoms with Crippen LogP contribution in [-0.4, -0.2) is 42.8 Å². The van der Waals surface area contributed by atoms with Gasteiger partial charge in [0, 0.05) is 33.4 Å². The molecule has 3 aromatic rings. The molecule has 0 atom stereocenters. The maximum absolute atomic E-state index is 12.7. The summed E-state index contributed by atoms with van der Waals surface area (Å²) in [7, 11) is 0. The van der Waals surface area contributed by atoms with Gasteiger partial charge in [-0.25, -0.2) is 0 Å². The van der Waals surface area contributed by atoms with Gasteiger partial charge in [0.25, 0.3) is 5.91 Å². The molecule has 0 spiro atoms. The third-order valence-electron chi connectivity index (χ3n) is 5.69. The number of hydrogen-bond acceptors (Lipinski definition) is 5. The summed E-state index contributed by atoms with van der Waals surface area (Å²) >= 11 is 7.38. The van der Waals surface area contributed by atoms with E-state index in [0.29, 0.717) is 39.2 Å². The highest BCUT2D eigenvalue weighted by molar-refractivity contribution is 7.17. The number of rotatable bonds is 7. The van der Waals surface area contributed by atoms with Gasteiger partial charge in [0.1, 0.15) is 5.84 Å². The Morgan fingerprint density at radius 3 is 2.55 bits per heavy atom. The Hall–Kier alpha value is -2.87. The predicted molar refractivity (Wildman–Crippen MR) is 139 cm³/mol. The average molecular weight is 482 g/mol. The fourth-order valence-electron chi connectivity index (χ4n) is 3.88. The molecule has 4 rings (SSSR count). The van der Waals surface area contributed by atoms with Crippen molar-refractivity contribution in [2.45, 2.75) is 19.3 Å². The van der Waals surface area contributed by atoms with E-state index in [0.717, 1.165) is 30.1 Å². The van der Waals surface area contributed by atoms with E-state index in [1.165, 1.54) is 30.6 Å². The first-order chi connectivity index (χ1) is 16.0. The Morgan fingerprint density at radius 1 is 1.06 bits per heavy atom. The molecule has 1 saturated heterocycles. The Kier molecular flexibility index (Phi) is 7.65. The summed E-state index contributed by atoms with van der Waals surface area (Å²) in [5.74, 6) is 0.240. The number of nitrogen functional groups attached to an aromatic ring is 1. The van der Waals surface area contributed by atoms with E-state index in [-0.39, 0.29) is 5.91 Å². The van der Waals surface area contributed by atoms with Crippen LogP contribution in [0.15, 0.2) is 59.6 Å². The minimum atomic E-state index is -0.185. The smallest absolute Gasteiger partial charge is 0.265 e. The number of hydrogen-bond donors (Lipinski definition) is 3. The number of amidine groups is 1. The second-order valence-electron chi connectivity index (χ2n) is 8.10. The molecule has 0 aliphatic carbocycles. The van der Waals surface area contributed by atoms with Crippen LogP contribution in [0.3, 0.4) is 0 Å². The van der Waals surface area contributed by atoms with Gasteiger partial charge in [-0.15, -0.1) is 11.3 Å². The fourth-order valence-corrected chi connectivity index (χ4v) is 4.91. The number of carbonyl (C=O) groups is 1. The molecule has 1 aliphatic heterocycles. The van der Waals surface area contributed by atoms with Crippen LogP contribution in [0.5, 0.6) is 0 Å². The standard InChI is InChI=1S/C25H28ClN5OS/c26-18-6-4-17(5-7-18)22-10-11-23(33-22)25(32)30-19-8-9-20(21(27)16-19)24(28)29-12-15-31-13-2-1-3-14-31/h4-11,16H,1-3,12-15,27H2,(H2,28,29)(H,30,32). The van der Waals surface area contributed by atoms with E-state index in [9.17, 15) is 4.79 Å². The molecule has 8 heteroatoms. The number of halogens is 1. The van der Waals surface area contributed by atoms with Crippen molar-refractivity contribution in [3.05, 3.63) is 70.1 Å². The molecule has 1 fully saturated rings. The molecule has 5 N–H and O–H groups in total. The van der Waals surface area contributed by atoms with Gasteiger partial charge in [-0.2, -0.15) is 0 Å². The third-order valence-corrected chi connectivity index (χ3v) is 7.08. The first kappa shape index (κ1) is 23.3. The van der Waals surface area contributed by atoms with Crippen LogP contribution in [0.25, 0.3) is 10.4 Å². The Labute approximate surface area is 203 Å². The molecule has 0 saturated carbocycles. The lowest BCUT2D eigenvalue weighted by molar-refractivity contribution is 0.103. The van der Waals surface area contributed by atoms with Gasteiger partial charge < -0.3 is 21.7 Å². The molecule has 1 amide bonds. The number of benzene rings is 2. The molecular weight excluding hydrogens is 454 g/mol. The van der Waals surface area contributed by atoms with Crippen molar-refractivity contribution in [1.82, 2.24) is 4.90 Å². The topological polar surface area (TPSA) is 96.7 Å². The summed E-state index contributed by atoms with van der Waals surface area (Å²) in [6.07, 6.45) is 3.83. The lowest BCUT2D eigenvalue weighted by Gasteiger charge is -2.25. The Balaban J connectivity index is 1.37. The molecule has 1 aromatic heterocycles. The first-order valence-electron chi connectivity index (χ1n) is 11.1. The quantitative estimate of drug-likeness (QED) is 0.248. The summed E-state index contributed by atoms with van der Waals surface area (Å²) in [5.41, 5.74) is 15.2. The second kappa shape index (κ2) is 10.8. The summed E-state index contributed by atoms with van der Waals surface area (Å²) in [4.78, 5) is 21.3. The number of nitrogens with zero attached hydrogens (tertiary/aromatic N) is 2. The Morgan fingerprint density at radius 2 is 1.82 bits per heavy atom. The van der Waals surface area contributed by atoms with E-state index in [1.807, 2.05) is 36.4 Å². The normalized spacial score (nSPS) is 14.9. The van der Waals surface area contributed by atoms with Gasteiger partial charge in [0.05, 0.1) is 11.4 Å². The summed E-state index contributed by atoms with van der Waals surface area (Å²) in [6, 6.07) is 16.6. The molecule has 172 valence electrons. The average Bonchev–Trinajstić information content (AvgIpc) is 3.31. The van der Waals surface area contributed by atoms with Crippen LogP contribution in [0.1, 0.15) is 34.5 Å². The molecule has 0 radical (unpaired) electrons. The van der Waals surface area contributed by atoms with Gasteiger partial charge in [-0.1, -0.05) is 30.2 Å². The van der Waals surface area contributed by atoms with Gasteiger partial charge in [-0.3, -0.25) is 9.79 Å². The number of anilines is 2. The molecule has 0 unspecified atom stereocenters.